The summed E-state index contributed by atoms with van der Waals surface area (Å²) in [6.45, 7) is 3.98. The minimum absolute atomic E-state index is 0.143. The number of benzene rings is 1. The second kappa shape index (κ2) is 3.63. The Hall–Kier alpha value is -1.84. The van der Waals surface area contributed by atoms with Gasteiger partial charge in [0.1, 0.15) is 5.75 Å². The van der Waals surface area contributed by atoms with Crippen molar-refractivity contribution in [2.24, 2.45) is 7.05 Å². The SMILES string of the molecule is CC(C)c1cc2ncn(C)c(=O)c2cc1O. The molecule has 0 radical (unpaired) electrons. The molecule has 0 amide bonds. The summed E-state index contributed by atoms with van der Waals surface area (Å²) in [6.07, 6.45) is 1.49. The highest BCUT2D eigenvalue weighted by Crippen LogP contribution is 2.28. The lowest BCUT2D eigenvalue weighted by Crippen LogP contribution is -2.16. The summed E-state index contributed by atoms with van der Waals surface area (Å²) in [6, 6.07) is 3.27. The minimum Gasteiger partial charge on any atom is -0.508 e. The molecule has 0 saturated carbocycles. The summed E-state index contributed by atoms with van der Waals surface area (Å²) in [5.74, 6) is 0.364. The molecule has 2 rings (SSSR count). The van der Waals surface area contributed by atoms with Crippen LogP contribution in [0.5, 0.6) is 5.75 Å². The zero-order valence-corrected chi connectivity index (χ0v) is 9.56. The fourth-order valence-electron chi connectivity index (χ4n) is 1.72. The van der Waals surface area contributed by atoms with Crippen molar-refractivity contribution in [2.75, 3.05) is 0 Å². The topological polar surface area (TPSA) is 55.1 Å². The van der Waals surface area contributed by atoms with Crippen LogP contribution in [0.25, 0.3) is 10.9 Å². The van der Waals surface area contributed by atoms with Crippen molar-refractivity contribution in [1.29, 1.82) is 0 Å². The largest absolute Gasteiger partial charge is 0.508 e. The molecule has 16 heavy (non-hydrogen) atoms. The standard InChI is InChI=1S/C12H14N2O2/c1-7(2)8-4-10-9(5-11(8)15)12(16)14(3)6-13-10/h4-7,15H,1-3H3. The Kier molecular flexibility index (Phi) is 2.42. The molecule has 84 valence electrons. The zero-order valence-electron chi connectivity index (χ0n) is 9.56. The van der Waals surface area contributed by atoms with Crippen LogP contribution in [0.3, 0.4) is 0 Å². The van der Waals surface area contributed by atoms with Gasteiger partial charge in [-0.3, -0.25) is 4.79 Å². The Balaban J connectivity index is 2.84. The van der Waals surface area contributed by atoms with Gasteiger partial charge < -0.3 is 9.67 Å². The first-order valence-corrected chi connectivity index (χ1v) is 5.19. The number of aromatic nitrogens is 2. The van der Waals surface area contributed by atoms with Gasteiger partial charge in [0, 0.05) is 7.05 Å². The van der Waals surface area contributed by atoms with E-state index in [2.05, 4.69) is 4.98 Å². The van der Waals surface area contributed by atoms with Gasteiger partial charge in [0.05, 0.1) is 17.2 Å². The van der Waals surface area contributed by atoms with E-state index in [4.69, 9.17) is 0 Å². The molecule has 1 aromatic heterocycles. The fourth-order valence-corrected chi connectivity index (χ4v) is 1.72. The summed E-state index contributed by atoms with van der Waals surface area (Å²) in [5, 5.41) is 10.3. The molecule has 2 aromatic rings. The number of phenolic OH excluding ortho intramolecular Hbond substituents is 1. The molecule has 4 heteroatoms. The number of fused-ring (bicyclic) bond motifs is 1. The van der Waals surface area contributed by atoms with Crippen molar-refractivity contribution >= 4 is 10.9 Å². The van der Waals surface area contributed by atoms with E-state index < -0.39 is 0 Å². The van der Waals surface area contributed by atoms with Crippen LogP contribution in [0, 0.1) is 0 Å². The van der Waals surface area contributed by atoms with Crippen molar-refractivity contribution in [3.63, 3.8) is 0 Å². The number of hydrogen-bond donors (Lipinski definition) is 1. The van der Waals surface area contributed by atoms with Gasteiger partial charge in [-0.2, -0.15) is 0 Å². The van der Waals surface area contributed by atoms with E-state index in [1.807, 2.05) is 13.8 Å². The minimum atomic E-state index is -0.143. The Morgan fingerprint density at radius 2 is 2.06 bits per heavy atom. The molecule has 4 nitrogen and oxygen atoms in total. The second-order valence-electron chi connectivity index (χ2n) is 4.24. The average molecular weight is 218 g/mol. The number of phenols is 1. The molecular weight excluding hydrogens is 204 g/mol. The third-order valence-electron chi connectivity index (χ3n) is 2.69. The molecule has 1 heterocycles. The van der Waals surface area contributed by atoms with Gasteiger partial charge in [-0.1, -0.05) is 13.8 Å². The van der Waals surface area contributed by atoms with Gasteiger partial charge in [0.15, 0.2) is 0 Å². The second-order valence-corrected chi connectivity index (χ2v) is 4.24. The number of nitrogens with zero attached hydrogens (tertiary/aromatic N) is 2. The zero-order chi connectivity index (χ0) is 11.9. The highest BCUT2D eigenvalue weighted by atomic mass is 16.3. The predicted molar refractivity (Wildman–Crippen MR) is 62.7 cm³/mol. The molecule has 0 atom stereocenters. The van der Waals surface area contributed by atoms with Gasteiger partial charge in [-0.05, 0) is 23.6 Å². The Morgan fingerprint density at radius 3 is 2.69 bits per heavy atom. The van der Waals surface area contributed by atoms with E-state index in [1.54, 1.807) is 13.1 Å². The summed E-state index contributed by atoms with van der Waals surface area (Å²) in [5.41, 5.74) is 1.30. The molecule has 0 saturated heterocycles. The molecule has 0 aliphatic heterocycles. The van der Waals surface area contributed by atoms with Crippen molar-refractivity contribution in [3.05, 3.63) is 34.4 Å². The first-order valence-electron chi connectivity index (χ1n) is 5.19. The maximum atomic E-state index is 11.8. The normalized spacial score (nSPS) is 11.2. The molecule has 0 fully saturated rings. The highest BCUT2D eigenvalue weighted by molar-refractivity contribution is 5.80. The predicted octanol–water partition coefficient (Wildman–Crippen LogP) is 1.76. The van der Waals surface area contributed by atoms with Crippen LogP contribution >= 0.6 is 0 Å². The summed E-state index contributed by atoms with van der Waals surface area (Å²) >= 11 is 0. The lowest BCUT2D eigenvalue weighted by atomic mass is 10.0. The van der Waals surface area contributed by atoms with Crippen LogP contribution in [0.1, 0.15) is 25.3 Å². The van der Waals surface area contributed by atoms with E-state index in [-0.39, 0.29) is 17.2 Å². The number of rotatable bonds is 1. The van der Waals surface area contributed by atoms with Gasteiger partial charge in [0.2, 0.25) is 0 Å². The fraction of sp³-hybridized carbons (Fsp3) is 0.333. The van der Waals surface area contributed by atoms with Gasteiger partial charge in [0.25, 0.3) is 5.56 Å². The number of aryl methyl sites for hydroxylation is 1. The van der Waals surface area contributed by atoms with Crippen LogP contribution < -0.4 is 5.56 Å². The summed E-state index contributed by atoms with van der Waals surface area (Å²) in [4.78, 5) is 16.0. The molecule has 1 N–H and O–H groups in total. The Bertz CT molecular complexity index is 600. The smallest absolute Gasteiger partial charge is 0.261 e. The third kappa shape index (κ3) is 1.56. The van der Waals surface area contributed by atoms with Crippen molar-refractivity contribution < 1.29 is 5.11 Å². The van der Waals surface area contributed by atoms with Crippen molar-refractivity contribution in [1.82, 2.24) is 9.55 Å². The first-order chi connectivity index (χ1) is 7.50. The Labute approximate surface area is 93.2 Å². The van der Waals surface area contributed by atoms with E-state index in [1.165, 1.54) is 17.0 Å². The van der Waals surface area contributed by atoms with Gasteiger partial charge in [-0.15, -0.1) is 0 Å². The molecular formula is C12H14N2O2. The monoisotopic (exact) mass is 218 g/mol. The molecule has 0 bridgehead atoms. The molecule has 0 unspecified atom stereocenters. The highest BCUT2D eigenvalue weighted by Gasteiger charge is 2.10. The molecule has 0 aliphatic rings. The van der Waals surface area contributed by atoms with E-state index in [9.17, 15) is 9.90 Å². The number of hydrogen-bond acceptors (Lipinski definition) is 3. The van der Waals surface area contributed by atoms with E-state index in [0.29, 0.717) is 10.9 Å². The van der Waals surface area contributed by atoms with Crippen LogP contribution in [-0.4, -0.2) is 14.7 Å². The average Bonchev–Trinajstić information content (AvgIpc) is 2.23. The van der Waals surface area contributed by atoms with Crippen LogP contribution in [0.2, 0.25) is 0 Å². The molecule has 1 aromatic carbocycles. The van der Waals surface area contributed by atoms with Crippen molar-refractivity contribution in [3.8, 4) is 5.75 Å². The van der Waals surface area contributed by atoms with E-state index >= 15 is 0 Å². The maximum Gasteiger partial charge on any atom is 0.261 e. The van der Waals surface area contributed by atoms with E-state index in [0.717, 1.165) is 5.56 Å². The van der Waals surface area contributed by atoms with Gasteiger partial charge >= 0.3 is 0 Å². The third-order valence-corrected chi connectivity index (χ3v) is 2.69. The van der Waals surface area contributed by atoms with Crippen LogP contribution in [-0.2, 0) is 7.05 Å². The maximum absolute atomic E-state index is 11.8. The van der Waals surface area contributed by atoms with Crippen LogP contribution in [0.15, 0.2) is 23.3 Å². The molecule has 0 spiro atoms. The summed E-state index contributed by atoms with van der Waals surface area (Å²) in [7, 11) is 1.64. The lowest BCUT2D eigenvalue weighted by Gasteiger charge is -2.09. The quantitative estimate of drug-likeness (QED) is 0.793. The number of aromatic hydroxyl groups is 1. The van der Waals surface area contributed by atoms with Crippen LogP contribution in [0.4, 0.5) is 0 Å². The Morgan fingerprint density at radius 1 is 1.38 bits per heavy atom. The van der Waals surface area contributed by atoms with Crippen molar-refractivity contribution in [2.45, 2.75) is 19.8 Å². The molecule has 0 aliphatic carbocycles. The lowest BCUT2D eigenvalue weighted by molar-refractivity contribution is 0.465. The first kappa shape index (κ1) is 10.7. The summed E-state index contributed by atoms with van der Waals surface area (Å²) < 4.78 is 1.40. The van der Waals surface area contributed by atoms with Gasteiger partial charge in [-0.25, -0.2) is 4.98 Å².